The van der Waals surface area contributed by atoms with Crippen molar-refractivity contribution in [3.05, 3.63) is 24.3 Å². The molecule has 2 heterocycles. The van der Waals surface area contributed by atoms with Crippen LogP contribution in [-0.4, -0.2) is 63.2 Å². The maximum atomic E-state index is 9.79. The van der Waals surface area contributed by atoms with Crippen LogP contribution in [0.2, 0.25) is 0 Å². The van der Waals surface area contributed by atoms with Gasteiger partial charge in [-0.15, -0.1) is 0 Å². The largest absolute Gasteiger partial charge is 0.497 e. The number of aliphatic hydroxyl groups is 1. The van der Waals surface area contributed by atoms with Crippen molar-refractivity contribution in [3.63, 3.8) is 0 Å². The molecule has 5 heteroatoms. The molecule has 3 rings (SSSR count). The number of hydrogen-bond donors (Lipinski definition) is 1. The molecule has 1 aromatic rings. The molecular formula is C18H27NO4. The average molecular weight is 321 g/mol. The molecule has 0 aromatic heterocycles. The van der Waals surface area contributed by atoms with Gasteiger partial charge in [0.25, 0.3) is 0 Å². The van der Waals surface area contributed by atoms with Crippen LogP contribution in [0.1, 0.15) is 12.8 Å². The van der Waals surface area contributed by atoms with Gasteiger partial charge in [0.15, 0.2) is 0 Å². The fraction of sp³-hybridized carbons (Fsp3) is 0.667. The Morgan fingerprint density at radius 1 is 1.30 bits per heavy atom. The highest BCUT2D eigenvalue weighted by atomic mass is 16.5. The fourth-order valence-corrected chi connectivity index (χ4v) is 3.75. The normalized spacial score (nSPS) is 27.7. The van der Waals surface area contributed by atoms with Crippen molar-refractivity contribution in [3.8, 4) is 11.5 Å². The second kappa shape index (κ2) is 7.51. The third kappa shape index (κ3) is 3.79. The Morgan fingerprint density at radius 2 is 2.09 bits per heavy atom. The molecule has 0 amide bonds. The number of aliphatic hydroxyl groups excluding tert-OH is 1. The van der Waals surface area contributed by atoms with E-state index in [2.05, 4.69) is 4.90 Å². The summed E-state index contributed by atoms with van der Waals surface area (Å²) in [6, 6.07) is 7.68. The van der Waals surface area contributed by atoms with Crippen molar-refractivity contribution < 1.29 is 19.3 Å². The van der Waals surface area contributed by atoms with Gasteiger partial charge in [0, 0.05) is 31.7 Å². The summed E-state index contributed by atoms with van der Waals surface area (Å²) in [5.74, 6) is 2.29. The summed E-state index contributed by atoms with van der Waals surface area (Å²) in [7, 11) is 1.66. The summed E-state index contributed by atoms with van der Waals surface area (Å²) < 4.78 is 16.5. The van der Waals surface area contributed by atoms with E-state index >= 15 is 0 Å². The number of methoxy groups -OCH3 is 1. The highest BCUT2D eigenvalue weighted by Gasteiger charge is 2.47. The molecule has 2 saturated heterocycles. The third-order valence-corrected chi connectivity index (χ3v) is 5.15. The highest BCUT2D eigenvalue weighted by Crippen LogP contribution is 2.40. The van der Waals surface area contributed by atoms with Crippen molar-refractivity contribution in [2.24, 2.45) is 11.3 Å². The van der Waals surface area contributed by atoms with Gasteiger partial charge in [-0.1, -0.05) is 0 Å². The minimum absolute atomic E-state index is 0.0326. The second-order valence-electron chi connectivity index (χ2n) is 6.67. The predicted molar refractivity (Wildman–Crippen MR) is 88.0 cm³/mol. The Morgan fingerprint density at radius 3 is 2.78 bits per heavy atom. The van der Waals surface area contributed by atoms with E-state index in [9.17, 15) is 5.11 Å². The molecule has 0 spiro atoms. The molecule has 128 valence electrons. The second-order valence-corrected chi connectivity index (χ2v) is 6.67. The minimum Gasteiger partial charge on any atom is -0.497 e. The van der Waals surface area contributed by atoms with E-state index in [4.69, 9.17) is 14.2 Å². The Bertz CT molecular complexity index is 492. The molecule has 2 fully saturated rings. The van der Waals surface area contributed by atoms with Gasteiger partial charge in [-0.05, 0) is 43.0 Å². The lowest BCUT2D eigenvalue weighted by Crippen LogP contribution is -2.43. The smallest absolute Gasteiger partial charge is 0.119 e. The summed E-state index contributed by atoms with van der Waals surface area (Å²) in [6.45, 7) is 5.50. The first-order chi connectivity index (χ1) is 11.3. The number of rotatable bonds is 7. The van der Waals surface area contributed by atoms with Crippen molar-refractivity contribution in [1.82, 2.24) is 4.90 Å². The zero-order valence-corrected chi connectivity index (χ0v) is 13.9. The van der Waals surface area contributed by atoms with Crippen LogP contribution >= 0.6 is 0 Å². The van der Waals surface area contributed by atoms with E-state index in [-0.39, 0.29) is 12.0 Å². The molecule has 0 radical (unpaired) electrons. The molecule has 0 unspecified atom stereocenters. The van der Waals surface area contributed by atoms with Crippen molar-refractivity contribution in [1.29, 1.82) is 0 Å². The molecule has 0 bridgehead atoms. The summed E-state index contributed by atoms with van der Waals surface area (Å²) in [5.41, 5.74) is -0.0326. The van der Waals surface area contributed by atoms with E-state index in [0.717, 1.165) is 50.6 Å². The zero-order chi connectivity index (χ0) is 16.1. The van der Waals surface area contributed by atoms with Gasteiger partial charge in [0.05, 0.1) is 26.9 Å². The molecule has 2 aliphatic heterocycles. The number of benzene rings is 1. The molecule has 0 saturated carbocycles. The van der Waals surface area contributed by atoms with Crippen LogP contribution < -0.4 is 9.47 Å². The van der Waals surface area contributed by atoms with Crippen LogP contribution in [0.4, 0.5) is 0 Å². The Labute approximate surface area is 138 Å². The van der Waals surface area contributed by atoms with Crippen LogP contribution in [0, 0.1) is 11.3 Å². The number of ether oxygens (including phenoxy) is 3. The van der Waals surface area contributed by atoms with Gasteiger partial charge < -0.3 is 24.2 Å². The van der Waals surface area contributed by atoms with Crippen LogP contribution in [0.15, 0.2) is 24.3 Å². The van der Waals surface area contributed by atoms with E-state index in [0.29, 0.717) is 19.1 Å². The third-order valence-electron chi connectivity index (χ3n) is 5.15. The van der Waals surface area contributed by atoms with Gasteiger partial charge in [0.2, 0.25) is 0 Å². The summed E-state index contributed by atoms with van der Waals surface area (Å²) in [6.07, 6.45) is 2.06. The number of nitrogens with zero attached hydrogens (tertiary/aromatic N) is 1. The maximum absolute atomic E-state index is 9.79. The average Bonchev–Trinajstić information content (AvgIpc) is 2.98. The Balaban J connectivity index is 1.41. The lowest BCUT2D eigenvalue weighted by Gasteiger charge is -2.36. The van der Waals surface area contributed by atoms with Crippen LogP contribution in [0.5, 0.6) is 11.5 Å². The lowest BCUT2D eigenvalue weighted by molar-refractivity contribution is -0.0560. The quantitative estimate of drug-likeness (QED) is 0.776. The van der Waals surface area contributed by atoms with Gasteiger partial charge >= 0.3 is 0 Å². The first-order valence-corrected chi connectivity index (χ1v) is 8.43. The van der Waals surface area contributed by atoms with Gasteiger partial charge in [-0.3, -0.25) is 0 Å². The number of fused-ring (bicyclic) bond motifs is 1. The molecular weight excluding hydrogens is 294 g/mol. The van der Waals surface area contributed by atoms with Crippen LogP contribution in [0.3, 0.4) is 0 Å². The molecule has 2 aliphatic rings. The molecule has 1 N–H and O–H groups in total. The van der Waals surface area contributed by atoms with E-state index in [1.54, 1.807) is 7.11 Å². The predicted octanol–water partition coefficient (Wildman–Crippen LogP) is 1.79. The van der Waals surface area contributed by atoms with Crippen molar-refractivity contribution in [2.45, 2.75) is 12.8 Å². The Hall–Kier alpha value is -1.30. The maximum Gasteiger partial charge on any atom is 0.119 e. The first-order valence-electron chi connectivity index (χ1n) is 8.43. The van der Waals surface area contributed by atoms with E-state index < -0.39 is 0 Å². The molecule has 1 aromatic carbocycles. The number of hydrogen-bond acceptors (Lipinski definition) is 5. The van der Waals surface area contributed by atoms with Crippen molar-refractivity contribution >= 4 is 0 Å². The van der Waals surface area contributed by atoms with Gasteiger partial charge in [-0.2, -0.15) is 0 Å². The molecule has 5 nitrogen and oxygen atoms in total. The topological polar surface area (TPSA) is 51.2 Å². The Kier molecular flexibility index (Phi) is 5.41. The molecule has 23 heavy (non-hydrogen) atoms. The van der Waals surface area contributed by atoms with E-state index in [1.807, 2.05) is 24.3 Å². The zero-order valence-electron chi connectivity index (χ0n) is 13.9. The van der Waals surface area contributed by atoms with Crippen LogP contribution in [0.25, 0.3) is 0 Å². The molecule has 0 aliphatic carbocycles. The van der Waals surface area contributed by atoms with Gasteiger partial charge in [0.1, 0.15) is 11.5 Å². The SMILES string of the molecule is COc1ccc(OCCCN2C[C@@H]3CCOC[C@]3(CO)C2)cc1. The molecule has 2 atom stereocenters. The monoisotopic (exact) mass is 321 g/mol. The summed E-state index contributed by atoms with van der Waals surface area (Å²) in [5, 5.41) is 9.79. The van der Waals surface area contributed by atoms with Gasteiger partial charge in [-0.25, -0.2) is 0 Å². The summed E-state index contributed by atoms with van der Waals surface area (Å²) in [4.78, 5) is 2.45. The van der Waals surface area contributed by atoms with E-state index in [1.165, 1.54) is 0 Å². The first kappa shape index (κ1) is 16.6. The lowest BCUT2D eigenvalue weighted by atomic mass is 9.76. The highest BCUT2D eigenvalue weighted by molar-refractivity contribution is 5.31. The fourth-order valence-electron chi connectivity index (χ4n) is 3.75. The summed E-state index contributed by atoms with van der Waals surface area (Å²) >= 11 is 0. The van der Waals surface area contributed by atoms with Crippen LogP contribution in [-0.2, 0) is 4.74 Å². The minimum atomic E-state index is -0.0326. The van der Waals surface area contributed by atoms with Crippen molar-refractivity contribution in [2.75, 3.05) is 53.2 Å². The standard InChI is InChI=1S/C18H27NO4/c1-21-16-3-5-17(6-4-16)23-9-2-8-19-11-15-7-10-22-14-18(15,12-19)13-20/h3-6,15,20H,2,7-14H2,1H3/t15-,18+/m0/s1. The number of likely N-dealkylation sites (tertiary alicyclic amines) is 1.